The van der Waals surface area contributed by atoms with Gasteiger partial charge in [0.25, 0.3) is 0 Å². The van der Waals surface area contributed by atoms with Crippen molar-refractivity contribution in [1.29, 1.82) is 0 Å². The molecule has 5 heteroatoms. The molecule has 2 N–H and O–H groups in total. The first-order chi connectivity index (χ1) is 9.82. The van der Waals surface area contributed by atoms with Crippen molar-refractivity contribution in [2.45, 2.75) is 57.8 Å². The fourth-order valence-electron chi connectivity index (χ4n) is 2.93. The van der Waals surface area contributed by atoms with E-state index in [2.05, 4.69) is 11.8 Å². The molecule has 0 spiro atoms. The Bertz CT molecular complexity index is 485. The van der Waals surface area contributed by atoms with Crippen LogP contribution in [0.3, 0.4) is 0 Å². The Morgan fingerprint density at radius 3 is 2.62 bits per heavy atom. The predicted molar refractivity (Wildman–Crippen MR) is 79.5 cm³/mol. The zero-order valence-electron chi connectivity index (χ0n) is 12.6. The van der Waals surface area contributed by atoms with E-state index < -0.39 is 11.7 Å². The number of hydrogen-bond donors (Lipinski definition) is 1. The molecule has 0 amide bonds. The largest absolute Gasteiger partial charge is 0.416 e. The average molecular weight is 300 g/mol. The Hall–Kier alpha value is -1.23. The normalized spacial score (nSPS) is 20.9. The monoisotopic (exact) mass is 300 g/mol. The topological polar surface area (TPSA) is 29.3 Å². The Balaban J connectivity index is 2.35. The van der Waals surface area contributed by atoms with Crippen LogP contribution in [0.15, 0.2) is 18.2 Å². The van der Waals surface area contributed by atoms with E-state index in [9.17, 15) is 13.2 Å². The summed E-state index contributed by atoms with van der Waals surface area (Å²) in [6, 6.07) is 4.75. The molecule has 1 saturated heterocycles. The second-order valence-electron chi connectivity index (χ2n) is 5.90. The summed E-state index contributed by atoms with van der Waals surface area (Å²) in [5, 5.41) is 0. The summed E-state index contributed by atoms with van der Waals surface area (Å²) in [7, 11) is 0. The van der Waals surface area contributed by atoms with Crippen LogP contribution in [0.5, 0.6) is 0 Å². The summed E-state index contributed by atoms with van der Waals surface area (Å²) in [5.41, 5.74) is 6.25. The fraction of sp³-hybridized carbons (Fsp3) is 0.625. The number of hydrogen-bond acceptors (Lipinski definition) is 2. The molecule has 1 fully saturated rings. The molecule has 0 bridgehead atoms. The van der Waals surface area contributed by atoms with Gasteiger partial charge in [-0.2, -0.15) is 13.2 Å². The van der Waals surface area contributed by atoms with Crippen molar-refractivity contribution in [3.8, 4) is 0 Å². The van der Waals surface area contributed by atoms with Gasteiger partial charge in [-0.3, -0.25) is 0 Å². The molecule has 2 nitrogen and oxygen atoms in total. The maximum atomic E-state index is 13.3. The van der Waals surface area contributed by atoms with Gasteiger partial charge in [0.1, 0.15) is 0 Å². The highest BCUT2D eigenvalue weighted by molar-refractivity contribution is 5.53. The highest BCUT2D eigenvalue weighted by Gasteiger charge is 2.34. The van der Waals surface area contributed by atoms with E-state index in [4.69, 9.17) is 5.73 Å². The maximum absolute atomic E-state index is 13.3. The van der Waals surface area contributed by atoms with Gasteiger partial charge in [0, 0.05) is 24.3 Å². The number of nitrogens with two attached hydrogens (primary N) is 1. The first-order valence-corrected chi connectivity index (χ1v) is 7.55. The van der Waals surface area contributed by atoms with E-state index >= 15 is 0 Å². The molecule has 1 aromatic carbocycles. The van der Waals surface area contributed by atoms with Gasteiger partial charge in [0.15, 0.2) is 0 Å². The van der Waals surface area contributed by atoms with E-state index in [1.807, 2.05) is 6.92 Å². The zero-order valence-corrected chi connectivity index (χ0v) is 12.6. The van der Waals surface area contributed by atoms with Crippen LogP contribution in [0.4, 0.5) is 18.9 Å². The standard InChI is InChI=1S/C16H23F3N2/c1-3-13(20)9-12-6-7-14(10-15(12)16(17,18)19)21-8-4-5-11(21)2/h6-7,10-11,13H,3-5,8-9,20H2,1-2H3. The molecule has 2 unspecified atom stereocenters. The third-order valence-corrected chi connectivity index (χ3v) is 4.29. The van der Waals surface area contributed by atoms with Crippen LogP contribution < -0.4 is 10.6 Å². The molecule has 0 radical (unpaired) electrons. The van der Waals surface area contributed by atoms with Crippen molar-refractivity contribution in [2.24, 2.45) is 5.73 Å². The van der Waals surface area contributed by atoms with Crippen LogP contribution in [0.1, 0.15) is 44.2 Å². The van der Waals surface area contributed by atoms with E-state index in [0.29, 0.717) is 23.7 Å². The van der Waals surface area contributed by atoms with Gasteiger partial charge >= 0.3 is 6.18 Å². The van der Waals surface area contributed by atoms with Crippen LogP contribution in [-0.4, -0.2) is 18.6 Å². The lowest BCUT2D eigenvalue weighted by atomic mass is 9.98. The highest BCUT2D eigenvalue weighted by Crippen LogP contribution is 2.36. The van der Waals surface area contributed by atoms with Crippen molar-refractivity contribution >= 4 is 5.69 Å². The van der Waals surface area contributed by atoms with Crippen molar-refractivity contribution < 1.29 is 13.2 Å². The van der Waals surface area contributed by atoms with Crippen LogP contribution in [0, 0.1) is 0 Å². The zero-order chi connectivity index (χ0) is 15.6. The number of halogens is 3. The highest BCUT2D eigenvalue weighted by atomic mass is 19.4. The van der Waals surface area contributed by atoms with Gasteiger partial charge < -0.3 is 10.6 Å². The van der Waals surface area contributed by atoms with Crippen LogP contribution in [0.25, 0.3) is 0 Å². The lowest BCUT2D eigenvalue weighted by Gasteiger charge is -2.26. The number of alkyl halides is 3. The van der Waals surface area contributed by atoms with Gasteiger partial charge in [-0.15, -0.1) is 0 Å². The molecule has 2 rings (SSSR count). The van der Waals surface area contributed by atoms with Crippen molar-refractivity contribution in [2.75, 3.05) is 11.4 Å². The molecule has 2 atom stereocenters. The van der Waals surface area contributed by atoms with E-state index in [1.165, 1.54) is 6.07 Å². The summed E-state index contributed by atoms with van der Waals surface area (Å²) in [5.74, 6) is 0. The molecule has 21 heavy (non-hydrogen) atoms. The maximum Gasteiger partial charge on any atom is 0.416 e. The summed E-state index contributed by atoms with van der Waals surface area (Å²) in [6.07, 6.45) is -1.33. The molecule has 0 saturated carbocycles. The van der Waals surface area contributed by atoms with Crippen LogP contribution in [-0.2, 0) is 12.6 Å². The number of rotatable bonds is 4. The predicted octanol–water partition coefficient (Wildman–Crippen LogP) is 3.97. The molecule has 1 aromatic rings. The second kappa shape index (κ2) is 6.26. The van der Waals surface area contributed by atoms with Gasteiger partial charge in [-0.1, -0.05) is 13.0 Å². The minimum Gasteiger partial charge on any atom is -0.369 e. The first-order valence-electron chi connectivity index (χ1n) is 7.55. The summed E-state index contributed by atoms with van der Waals surface area (Å²) in [4.78, 5) is 2.05. The van der Waals surface area contributed by atoms with Crippen LogP contribution in [0.2, 0.25) is 0 Å². The van der Waals surface area contributed by atoms with Gasteiger partial charge in [-0.25, -0.2) is 0 Å². The first kappa shape index (κ1) is 16.1. The Labute approximate surface area is 124 Å². The molecule has 0 aromatic heterocycles. The molecule has 1 aliphatic rings. The minimum absolute atomic E-state index is 0.234. The smallest absolute Gasteiger partial charge is 0.369 e. The Morgan fingerprint density at radius 2 is 2.10 bits per heavy atom. The van der Waals surface area contributed by atoms with Crippen molar-refractivity contribution in [3.63, 3.8) is 0 Å². The van der Waals surface area contributed by atoms with Crippen molar-refractivity contribution in [1.82, 2.24) is 0 Å². The summed E-state index contributed by atoms with van der Waals surface area (Å²) >= 11 is 0. The van der Waals surface area contributed by atoms with E-state index in [1.54, 1.807) is 12.1 Å². The number of benzene rings is 1. The van der Waals surface area contributed by atoms with E-state index in [-0.39, 0.29) is 12.5 Å². The SMILES string of the molecule is CCC(N)Cc1ccc(N2CCCC2C)cc1C(F)(F)F. The summed E-state index contributed by atoms with van der Waals surface area (Å²) in [6.45, 7) is 4.77. The molecule has 1 heterocycles. The molecule has 118 valence electrons. The van der Waals surface area contributed by atoms with Gasteiger partial charge in [0.05, 0.1) is 5.56 Å². The molecular weight excluding hydrogens is 277 g/mol. The quantitative estimate of drug-likeness (QED) is 0.911. The average Bonchev–Trinajstić information content (AvgIpc) is 2.84. The number of nitrogens with zero attached hydrogens (tertiary/aromatic N) is 1. The molecule has 0 aliphatic carbocycles. The second-order valence-corrected chi connectivity index (χ2v) is 5.90. The van der Waals surface area contributed by atoms with Crippen LogP contribution >= 0.6 is 0 Å². The third kappa shape index (κ3) is 3.70. The molecule has 1 aliphatic heterocycles. The molecular formula is C16H23F3N2. The summed E-state index contributed by atoms with van der Waals surface area (Å²) < 4.78 is 39.9. The Kier molecular flexibility index (Phi) is 4.81. The Morgan fingerprint density at radius 1 is 1.38 bits per heavy atom. The van der Waals surface area contributed by atoms with E-state index in [0.717, 1.165) is 19.4 Å². The lowest BCUT2D eigenvalue weighted by Crippen LogP contribution is -2.27. The third-order valence-electron chi connectivity index (χ3n) is 4.29. The fourth-order valence-corrected chi connectivity index (χ4v) is 2.93. The van der Waals surface area contributed by atoms with Gasteiger partial charge in [-0.05, 0) is 50.3 Å². The number of anilines is 1. The van der Waals surface area contributed by atoms with Crippen molar-refractivity contribution in [3.05, 3.63) is 29.3 Å². The minimum atomic E-state index is -4.33. The lowest BCUT2D eigenvalue weighted by molar-refractivity contribution is -0.138. The van der Waals surface area contributed by atoms with Gasteiger partial charge in [0.2, 0.25) is 0 Å².